The molecule has 1 saturated heterocycles. The maximum absolute atomic E-state index is 13.2. The Morgan fingerprint density at radius 2 is 2.00 bits per heavy atom. The van der Waals surface area contributed by atoms with Crippen molar-refractivity contribution in [2.75, 3.05) is 25.0 Å². The Labute approximate surface area is 181 Å². The second-order valence-electron chi connectivity index (χ2n) is 8.42. The molecule has 2 aromatic heterocycles. The number of aryl methyl sites for hydroxylation is 1. The predicted octanol–water partition coefficient (Wildman–Crippen LogP) is 3.29. The van der Waals surface area contributed by atoms with Gasteiger partial charge >= 0.3 is 0 Å². The summed E-state index contributed by atoms with van der Waals surface area (Å²) in [4.78, 5) is 21.1. The van der Waals surface area contributed by atoms with Crippen LogP contribution in [0.4, 0.5) is 10.1 Å². The molecule has 0 spiro atoms. The van der Waals surface area contributed by atoms with Gasteiger partial charge in [-0.05, 0) is 49.2 Å². The molecular formula is C24H26FN5O. The fourth-order valence-electron chi connectivity index (χ4n) is 4.60. The Bertz CT molecular complexity index is 1200. The molecule has 7 heteroatoms. The summed E-state index contributed by atoms with van der Waals surface area (Å²) in [6.45, 7) is 4.57. The summed E-state index contributed by atoms with van der Waals surface area (Å²) >= 11 is 0. The molecule has 0 bridgehead atoms. The largest absolute Gasteiger partial charge is 0.369 e. The van der Waals surface area contributed by atoms with Crippen molar-refractivity contribution in [1.29, 1.82) is 5.26 Å². The van der Waals surface area contributed by atoms with Crippen molar-refractivity contribution in [2.45, 2.75) is 25.9 Å². The summed E-state index contributed by atoms with van der Waals surface area (Å²) < 4.78 is 14.8. The molecule has 0 saturated carbocycles. The smallest absolute Gasteiger partial charge is 0.250 e. The molecule has 1 fully saturated rings. The van der Waals surface area contributed by atoms with Crippen molar-refractivity contribution in [2.24, 2.45) is 13.0 Å². The number of halogens is 1. The Hall–Kier alpha value is -3.24. The number of rotatable bonds is 4. The zero-order valence-electron chi connectivity index (χ0n) is 18.0. The van der Waals surface area contributed by atoms with E-state index in [1.165, 1.54) is 18.2 Å². The van der Waals surface area contributed by atoms with Gasteiger partial charge in [-0.1, -0.05) is 19.1 Å². The van der Waals surface area contributed by atoms with Gasteiger partial charge in [0.1, 0.15) is 11.9 Å². The molecule has 160 valence electrons. The molecule has 0 radical (unpaired) electrons. The molecule has 3 heterocycles. The third kappa shape index (κ3) is 4.17. The van der Waals surface area contributed by atoms with E-state index in [1.807, 2.05) is 18.2 Å². The number of aromatic nitrogens is 2. The second-order valence-corrected chi connectivity index (χ2v) is 8.42. The van der Waals surface area contributed by atoms with E-state index >= 15 is 0 Å². The van der Waals surface area contributed by atoms with E-state index in [0.717, 1.165) is 42.8 Å². The van der Waals surface area contributed by atoms with Crippen molar-refractivity contribution in [3.05, 3.63) is 69.9 Å². The first-order chi connectivity index (χ1) is 14.9. The molecule has 6 nitrogen and oxygen atoms in total. The van der Waals surface area contributed by atoms with Gasteiger partial charge in [-0.15, -0.1) is 0 Å². The molecule has 1 aliphatic rings. The maximum atomic E-state index is 13.2. The minimum absolute atomic E-state index is 0.0977. The van der Waals surface area contributed by atoms with Crippen LogP contribution >= 0.6 is 0 Å². The third-order valence-corrected chi connectivity index (χ3v) is 6.30. The van der Waals surface area contributed by atoms with E-state index in [0.29, 0.717) is 23.2 Å². The molecule has 0 amide bonds. The minimum atomic E-state index is -0.220. The molecule has 3 aromatic rings. The second kappa shape index (κ2) is 8.48. The number of nitriles is 1. The van der Waals surface area contributed by atoms with E-state index in [-0.39, 0.29) is 11.4 Å². The standard InChI is InChI=1S/C24H26FN5O/c1-16-14-30(11-10-21(16)28(2)15-17-4-6-18(25)7-5-17)23-12-22-19(27-20(23)13-26)8-9-24(31)29(22)3/h4-9,12,16,21H,10-11,14-15H2,1-3H3. The predicted molar refractivity (Wildman–Crippen MR) is 119 cm³/mol. The van der Waals surface area contributed by atoms with Crippen LogP contribution in [0.15, 0.2) is 47.3 Å². The Kier molecular flexibility index (Phi) is 5.75. The number of anilines is 1. The molecule has 2 unspecified atom stereocenters. The van der Waals surface area contributed by atoms with Gasteiger partial charge in [0.25, 0.3) is 5.56 Å². The highest BCUT2D eigenvalue weighted by molar-refractivity contribution is 5.81. The summed E-state index contributed by atoms with van der Waals surface area (Å²) in [7, 11) is 3.83. The van der Waals surface area contributed by atoms with Crippen LogP contribution in [-0.2, 0) is 13.6 Å². The van der Waals surface area contributed by atoms with Gasteiger partial charge in [0.15, 0.2) is 5.69 Å². The first kappa shape index (κ1) is 21.0. The lowest BCUT2D eigenvalue weighted by Gasteiger charge is -2.42. The van der Waals surface area contributed by atoms with Crippen LogP contribution in [0.2, 0.25) is 0 Å². The first-order valence-corrected chi connectivity index (χ1v) is 10.5. The van der Waals surface area contributed by atoms with Crippen molar-refractivity contribution < 1.29 is 4.39 Å². The lowest BCUT2D eigenvalue weighted by atomic mass is 9.91. The molecule has 1 aliphatic heterocycles. The summed E-state index contributed by atoms with van der Waals surface area (Å²) in [5.74, 6) is 0.143. The monoisotopic (exact) mass is 419 g/mol. The van der Waals surface area contributed by atoms with Gasteiger partial charge in [-0.3, -0.25) is 9.69 Å². The number of pyridine rings is 2. The van der Waals surface area contributed by atoms with Gasteiger partial charge in [-0.2, -0.15) is 5.26 Å². The van der Waals surface area contributed by atoms with Gasteiger partial charge in [0.2, 0.25) is 0 Å². The third-order valence-electron chi connectivity index (χ3n) is 6.30. The van der Waals surface area contributed by atoms with E-state index in [2.05, 4.69) is 34.8 Å². The molecule has 1 aromatic carbocycles. The number of piperidine rings is 1. The van der Waals surface area contributed by atoms with Crippen LogP contribution in [0.25, 0.3) is 11.0 Å². The molecule has 31 heavy (non-hydrogen) atoms. The van der Waals surface area contributed by atoms with E-state index in [4.69, 9.17) is 0 Å². The van der Waals surface area contributed by atoms with E-state index in [1.54, 1.807) is 17.7 Å². The Morgan fingerprint density at radius 1 is 1.26 bits per heavy atom. The van der Waals surface area contributed by atoms with Crippen LogP contribution in [0.1, 0.15) is 24.6 Å². The number of hydrogen-bond donors (Lipinski definition) is 0. The molecule has 4 rings (SSSR count). The van der Waals surface area contributed by atoms with E-state index in [9.17, 15) is 14.4 Å². The zero-order chi connectivity index (χ0) is 22.1. The Morgan fingerprint density at radius 3 is 2.68 bits per heavy atom. The average Bonchev–Trinajstić information content (AvgIpc) is 2.77. The summed E-state index contributed by atoms with van der Waals surface area (Å²) in [6.07, 6.45) is 0.940. The van der Waals surface area contributed by atoms with Gasteiger partial charge in [0, 0.05) is 38.8 Å². The minimum Gasteiger partial charge on any atom is -0.369 e. The lowest BCUT2D eigenvalue weighted by molar-refractivity contribution is 0.152. The summed E-state index contributed by atoms with van der Waals surface area (Å²) in [5.41, 5.74) is 3.53. The van der Waals surface area contributed by atoms with E-state index < -0.39 is 0 Å². The average molecular weight is 420 g/mol. The molecular weight excluding hydrogens is 393 g/mol. The van der Waals surface area contributed by atoms with Crippen LogP contribution < -0.4 is 10.5 Å². The van der Waals surface area contributed by atoms with Crippen LogP contribution in [0.3, 0.4) is 0 Å². The number of benzene rings is 1. The van der Waals surface area contributed by atoms with Crippen molar-refractivity contribution in [3.63, 3.8) is 0 Å². The zero-order valence-corrected chi connectivity index (χ0v) is 18.0. The fraction of sp³-hybridized carbons (Fsp3) is 0.375. The van der Waals surface area contributed by atoms with Gasteiger partial charge < -0.3 is 9.47 Å². The van der Waals surface area contributed by atoms with Crippen LogP contribution in [-0.4, -0.2) is 40.6 Å². The highest BCUT2D eigenvalue weighted by Gasteiger charge is 2.30. The first-order valence-electron chi connectivity index (χ1n) is 10.5. The maximum Gasteiger partial charge on any atom is 0.250 e. The summed E-state index contributed by atoms with van der Waals surface area (Å²) in [6, 6.07) is 14.3. The van der Waals surface area contributed by atoms with Crippen LogP contribution in [0.5, 0.6) is 0 Å². The van der Waals surface area contributed by atoms with Gasteiger partial charge in [0.05, 0.1) is 16.7 Å². The lowest BCUT2D eigenvalue weighted by Crippen LogP contribution is -2.49. The number of hydrogen-bond acceptors (Lipinski definition) is 5. The van der Waals surface area contributed by atoms with Crippen LogP contribution in [0, 0.1) is 23.1 Å². The quantitative estimate of drug-likeness (QED) is 0.649. The Balaban J connectivity index is 1.55. The van der Waals surface area contributed by atoms with Crippen molar-refractivity contribution in [3.8, 4) is 6.07 Å². The molecule has 0 N–H and O–H groups in total. The van der Waals surface area contributed by atoms with Crippen molar-refractivity contribution >= 4 is 16.7 Å². The summed E-state index contributed by atoms with van der Waals surface area (Å²) in [5, 5.41) is 9.68. The molecule has 0 aliphatic carbocycles. The topological polar surface area (TPSA) is 65.2 Å². The highest BCUT2D eigenvalue weighted by Crippen LogP contribution is 2.30. The highest BCUT2D eigenvalue weighted by atomic mass is 19.1. The van der Waals surface area contributed by atoms with Gasteiger partial charge in [-0.25, -0.2) is 9.37 Å². The number of nitrogens with zero attached hydrogens (tertiary/aromatic N) is 5. The normalized spacial score (nSPS) is 19.0. The SMILES string of the molecule is CC1CN(c2cc3c(ccc(=O)n3C)nc2C#N)CCC1N(C)Cc1ccc(F)cc1. The fourth-order valence-corrected chi connectivity index (χ4v) is 4.60. The van der Waals surface area contributed by atoms with Crippen molar-refractivity contribution in [1.82, 2.24) is 14.5 Å². The molecule has 2 atom stereocenters. The number of fused-ring (bicyclic) bond motifs is 1.